The first-order valence-corrected chi connectivity index (χ1v) is 8.60. The minimum absolute atomic E-state index is 0.0963. The number of ether oxygens (including phenoxy) is 1. The number of benzene rings is 1. The number of Topliss-reactive ketones (excluding diaryl/α,β-unsaturated/α-hetero) is 1. The highest BCUT2D eigenvalue weighted by Crippen LogP contribution is 2.22. The monoisotopic (exact) mass is 405 g/mol. The number of ketones is 1. The summed E-state index contributed by atoms with van der Waals surface area (Å²) in [5.41, 5.74) is 1.27. The molecule has 8 heteroatoms. The summed E-state index contributed by atoms with van der Waals surface area (Å²) in [6, 6.07) is 12.7. The fourth-order valence-corrected chi connectivity index (χ4v) is 3.29. The van der Waals surface area contributed by atoms with Crippen molar-refractivity contribution in [1.29, 1.82) is 0 Å². The molecule has 0 bridgehead atoms. The van der Waals surface area contributed by atoms with Gasteiger partial charge in [-0.15, -0.1) is 16.4 Å². The lowest BCUT2D eigenvalue weighted by molar-refractivity contribution is 0.0468. The molecular weight excluding hydrogens is 394 g/mol. The van der Waals surface area contributed by atoms with E-state index in [0.717, 1.165) is 9.47 Å². The Morgan fingerprint density at radius 3 is 2.58 bits per heavy atom. The van der Waals surface area contributed by atoms with Crippen LogP contribution in [0, 0.1) is 6.92 Å². The molecule has 2 heterocycles. The summed E-state index contributed by atoms with van der Waals surface area (Å²) in [6.45, 7) is 1.34. The number of para-hydroxylation sites is 1. The lowest BCUT2D eigenvalue weighted by Crippen LogP contribution is -2.14. The predicted molar refractivity (Wildman–Crippen MR) is 92.7 cm³/mol. The van der Waals surface area contributed by atoms with Gasteiger partial charge in [0.15, 0.2) is 12.3 Å². The van der Waals surface area contributed by atoms with Crippen molar-refractivity contribution in [3.63, 3.8) is 0 Å². The molecule has 0 atom stereocenters. The molecule has 0 saturated heterocycles. The average molecular weight is 406 g/mol. The topological polar surface area (TPSA) is 74.1 Å². The number of rotatable bonds is 5. The maximum atomic E-state index is 12.2. The summed E-state index contributed by atoms with van der Waals surface area (Å²) in [6.07, 6.45) is 0. The third kappa shape index (κ3) is 3.60. The van der Waals surface area contributed by atoms with Gasteiger partial charge in [-0.25, -0.2) is 4.79 Å². The zero-order valence-electron chi connectivity index (χ0n) is 12.6. The van der Waals surface area contributed by atoms with Crippen LogP contribution in [0.15, 0.2) is 46.3 Å². The van der Waals surface area contributed by atoms with Gasteiger partial charge >= 0.3 is 5.97 Å². The molecule has 0 aliphatic heterocycles. The first-order chi connectivity index (χ1) is 11.5. The normalized spacial score (nSPS) is 10.6. The zero-order chi connectivity index (χ0) is 17.1. The number of aromatic nitrogens is 3. The van der Waals surface area contributed by atoms with E-state index in [9.17, 15) is 9.59 Å². The van der Waals surface area contributed by atoms with Crippen LogP contribution in [0.4, 0.5) is 0 Å². The van der Waals surface area contributed by atoms with Gasteiger partial charge in [-0.2, -0.15) is 9.90 Å². The minimum atomic E-state index is -0.668. The van der Waals surface area contributed by atoms with Crippen LogP contribution in [0.25, 0.3) is 5.69 Å². The van der Waals surface area contributed by atoms with Crippen LogP contribution >= 0.6 is 27.3 Å². The molecule has 0 radical (unpaired) electrons. The Balaban J connectivity index is 1.69. The van der Waals surface area contributed by atoms with Crippen molar-refractivity contribution in [3.8, 4) is 5.69 Å². The molecule has 0 aliphatic carbocycles. The Morgan fingerprint density at radius 2 is 1.92 bits per heavy atom. The molecule has 0 N–H and O–H groups in total. The molecule has 122 valence electrons. The van der Waals surface area contributed by atoms with E-state index in [2.05, 4.69) is 26.1 Å². The van der Waals surface area contributed by atoms with Gasteiger partial charge in [-0.3, -0.25) is 4.79 Å². The van der Waals surface area contributed by atoms with E-state index in [1.54, 1.807) is 19.1 Å². The van der Waals surface area contributed by atoms with Crippen LogP contribution in [0.1, 0.15) is 25.9 Å². The second-order valence-corrected chi connectivity index (χ2v) is 7.33. The molecule has 0 unspecified atom stereocenters. The maximum absolute atomic E-state index is 12.2. The molecule has 6 nitrogen and oxygen atoms in total. The van der Waals surface area contributed by atoms with Crippen LogP contribution in [-0.2, 0) is 4.74 Å². The van der Waals surface area contributed by atoms with Crippen molar-refractivity contribution < 1.29 is 14.3 Å². The molecule has 2 aromatic heterocycles. The van der Waals surface area contributed by atoms with Crippen molar-refractivity contribution in [2.45, 2.75) is 6.92 Å². The van der Waals surface area contributed by atoms with E-state index in [0.29, 0.717) is 10.6 Å². The number of carbonyl (C=O) groups excluding carboxylic acids is 2. The average Bonchev–Trinajstić information content (AvgIpc) is 3.19. The minimum Gasteiger partial charge on any atom is -0.452 e. The molecule has 3 rings (SSSR count). The molecular formula is C16H12BrN3O3S. The summed E-state index contributed by atoms with van der Waals surface area (Å²) in [7, 11) is 0. The van der Waals surface area contributed by atoms with E-state index in [1.165, 1.54) is 16.1 Å². The van der Waals surface area contributed by atoms with Crippen LogP contribution in [0.2, 0.25) is 0 Å². The number of hydrogen-bond donors (Lipinski definition) is 0. The Kier molecular flexibility index (Phi) is 4.86. The quantitative estimate of drug-likeness (QED) is 0.480. The van der Waals surface area contributed by atoms with E-state index < -0.39 is 5.97 Å². The highest BCUT2D eigenvalue weighted by atomic mass is 79.9. The standard InChI is InChI=1S/C16H12BrN3O3S/c1-10-15(19-20(18-10)11-5-3-2-4-6-11)16(22)23-9-12(21)13-7-8-14(17)24-13/h2-8H,9H2,1H3. The third-order valence-electron chi connectivity index (χ3n) is 3.15. The van der Waals surface area contributed by atoms with E-state index in [-0.39, 0.29) is 18.1 Å². The number of esters is 1. The SMILES string of the molecule is Cc1nn(-c2ccccc2)nc1C(=O)OCC(=O)c1ccc(Br)s1. The molecule has 0 spiro atoms. The first-order valence-electron chi connectivity index (χ1n) is 6.99. The molecule has 0 saturated carbocycles. The molecule has 1 aromatic carbocycles. The Bertz CT molecular complexity index is 889. The van der Waals surface area contributed by atoms with Crippen LogP contribution in [0.5, 0.6) is 0 Å². The Labute approximate surface area is 150 Å². The molecule has 0 aliphatic rings. The molecule has 0 fully saturated rings. The van der Waals surface area contributed by atoms with Gasteiger partial charge < -0.3 is 4.74 Å². The summed E-state index contributed by atoms with van der Waals surface area (Å²) < 4.78 is 5.92. The fraction of sp³-hybridized carbons (Fsp3) is 0.125. The Hall–Kier alpha value is -2.32. The van der Waals surface area contributed by atoms with E-state index in [1.807, 2.05) is 30.3 Å². The molecule has 24 heavy (non-hydrogen) atoms. The number of aryl methyl sites for hydroxylation is 1. The highest BCUT2D eigenvalue weighted by Gasteiger charge is 2.19. The smallest absolute Gasteiger partial charge is 0.361 e. The molecule has 0 amide bonds. The largest absolute Gasteiger partial charge is 0.452 e. The van der Waals surface area contributed by atoms with Crippen molar-refractivity contribution in [2.24, 2.45) is 0 Å². The van der Waals surface area contributed by atoms with Crippen molar-refractivity contribution in [2.75, 3.05) is 6.61 Å². The number of carbonyl (C=O) groups is 2. The highest BCUT2D eigenvalue weighted by molar-refractivity contribution is 9.11. The number of hydrogen-bond acceptors (Lipinski definition) is 6. The lowest BCUT2D eigenvalue weighted by Gasteiger charge is -2.01. The van der Waals surface area contributed by atoms with Crippen LogP contribution in [-0.4, -0.2) is 33.4 Å². The summed E-state index contributed by atoms with van der Waals surface area (Å²) in [5, 5.41) is 8.36. The summed E-state index contributed by atoms with van der Waals surface area (Å²) in [4.78, 5) is 26.0. The zero-order valence-corrected chi connectivity index (χ0v) is 15.0. The van der Waals surface area contributed by atoms with Crippen molar-refractivity contribution >= 4 is 39.0 Å². The van der Waals surface area contributed by atoms with E-state index >= 15 is 0 Å². The Morgan fingerprint density at radius 1 is 1.17 bits per heavy atom. The molecule has 3 aromatic rings. The number of nitrogens with zero attached hydrogens (tertiary/aromatic N) is 3. The van der Waals surface area contributed by atoms with Gasteiger partial charge in [0.25, 0.3) is 0 Å². The van der Waals surface area contributed by atoms with Gasteiger partial charge in [0.1, 0.15) is 0 Å². The van der Waals surface area contributed by atoms with Gasteiger partial charge in [-0.1, -0.05) is 18.2 Å². The second kappa shape index (κ2) is 7.06. The second-order valence-electron chi connectivity index (χ2n) is 4.86. The third-order valence-corrected chi connectivity index (χ3v) is 4.81. The summed E-state index contributed by atoms with van der Waals surface area (Å²) >= 11 is 4.58. The predicted octanol–water partition coefficient (Wildman–Crippen LogP) is 3.44. The van der Waals surface area contributed by atoms with Gasteiger partial charge in [0.2, 0.25) is 5.78 Å². The van der Waals surface area contributed by atoms with Crippen LogP contribution < -0.4 is 0 Å². The number of thiophene rings is 1. The number of halogens is 1. The van der Waals surface area contributed by atoms with Gasteiger partial charge in [-0.05, 0) is 47.1 Å². The fourth-order valence-electron chi connectivity index (χ4n) is 1.98. The summed E-state index contributed by atoms with van der Waals surface area (Å²) in [5.74, 6) is -0.925. The van der Waals surface area contributed by atoms with Gasteiger partial charge in [0.05, 0.1) is 20.0 Å². The first kappa shape index (κ1) is 16.5. The maximum Gasteiger partial charge on any atom is 0.361 e. The van der Waals surface area contributed by atoms with Crippen molar-refractivity contribution in [3.05, 3.63) is 62.5 Å². The van der Waals surface area contributed by atoms with Crippen LogP contribution in [0.3, 0.4) is 0 Å². The van der Waals surface area contributed by atoms with Crippen molar-refractivity contribution in [1.82, 2.24) is 15.0 Å². The van der Waals surface area contributed by atoms with Gasteiger partial charge in [0, 0.05) is 0 Å². The van der Waals surface area contributed by atoms with E-state index in [4.69, 9.17) is 4.74 Å². The lowest BCUT2D eigenvalue weighted by atomic mass is 10.3.